The van der Waals surface area contributed by atoms with Crippen molar-refractivity contribution < 1.29 is 14.2 Å². The molecule has 1 N–H and O–H groups in total. The van der Waals surface area contributed by atoms with Gasteiger partial charge in [0.1, 0.15) is 11.5 Å². The molecule has 0 aliphatic carbocycles. The predicted molar refractivity (Wildman–Crippen MR) is 64.0 cm³/mol. The maximum atomic E-state index is 13.6. The number of halogens is 1. The Balaban J connectivity index is 2.35. The number of phenols is 1. The summed E-state index contributed by atoms with van der Waals surface area (Å²) < 4.78 is 19.0. The first-order valence-electron chi connectivity index (χ1n) is 5.28. The summed E-state index contributed by atoms with van der Waals surface area (Å²) in [5, 5.41) is 18.1. The fourth-order valence-corrected chi connectivity index (χ4v) is 1.49. The molecule has 4 heteroatoms. The lowest BCUT2D eigenvalue weighted by atomic mass is 10.2. The van der Waals surface area contributed by atoms with Gasteiger partial charge in [0.25, 0.3) is 0 Å². The van der Waals surface area contributed by atoms with Gasteiger partial charge in [-0.1, -0.05) is 6.07 Å². The molecule has 0 radical (unpaired) electrons. The number of hydrogen-bond donors (Lipinski definition) is 1. The number of benzene rings is 2. The van der Waals surface area contributed by atoms with Crippen LogP contribution in [-0.4, -0.2) is 5.11 Å². The number of nitrogens with zero attached hydrogens (tertiary/aromatic N) is 1. The molecular weight excluding hydrogens is 233 g/mol. The molecule has 0 saturated heterocycles. The second-order valence-electron chi connectivity index (χ2n) is 3.76. The number of ether oxygens (including phenoxy) is 1. The van der Waals surface area contributed by atoms with Crippen molar-refractivity contribution in [2.45, 2.75) is 6.92 Å². The molecule has 0 fully saturated rings. The highest BCUT2D eigenvalue weighted by molar-refractivity contribution is 5.46. The van der Waals surface area contributed by atoms with Gasteiger partial charge in [-0.25, -0.2) is 4.39 Å². The standard InChI is InChI=1S/C14H10FNO2/c1-9-12(17)3-2-4-13(9)18-14-6-5-10(8-16)7-11(14)15/h2-7,17H,1H3. The van der Waals surface area contributed by atoms with E-state index in [0.717, 1.165) is 6.07 Å². The van der Waals surface area contributed by atoms with E-state index in [1.165, 1.54) is 18.2 Å². The van der Waals surface area contributed by atoms with Gasteiger partial charge < -0.3 is 9.84 Å². The Hall–Kier alpha value is -2.54. The Morgan fingerprint density at radius 1 is 1.22 bits per heavy atom. The molecule has 0 bridgehead atoms. The Morgan fingerprint density at radius 3 is 2.67 bits per heavy atom. The van der Waals surface area contributed by atoms with Crippen LogP contribution in [0.1, 0.15) is 11.1 Å². The summed E-state index contributed by atoms with van der Waals surface area (Å²) in [6, 6.07) is 10.6. The van der Waals surface area contributed by atoms with Gasteiger partial charge in [0.05, 0.1) is 11.6 Å². The molecular formula is C14H10FNO2. The lowest BCUT2D eigenvalue weighted by Crippen LogP contribution is -1.91. The highest BCUT2D eigenvalue weighted by Crippen LogP contribution is 2.31. The zero-order chi connectivity index (χ0) is 13.1. The van der Waals surface area contributed by atoms with Crippen molar-refractivity contribution in [3.05, 3.63) is 53.3 Å². The van der Waals surface area contributed by atoms with E-state index in [9.17, 15) is 9.50 Å². The first kappa shape index (κ1) is 11.9. The Morgan fingerprint density at radius 2 is 2.00 bits per heavy atom. The zero-order valence-corrected chi connectivity index (χ0v) is 9.64. The minimum Gasteiger partial charge on any atom is -0.508 e. The van der Waals surface area contributed by atoms with Crippen molar-refractivity contribution in [2.75, 3.05) is 0 Å². The molecule has 2 aromatic rings. The molecule has 0 heterocycles. The molecule has 0 aliphatic rings. The monoisotopic (exact) mass is 243 g/mol. The van der Waals surface area contributed by atoms with Crippen molar-refractivity contribution >= 4 is 0 Å². The number of hydrogen-bond acceptors (Lipinski definition) is 3. The SMILES string of the molecule is Cc1c(O)cccc1Oc1ccc(C#N)cc1F. The molecule has 0 atom stereocenters. The number of rotatable bonds is 2. The van der Waals surface area contributed by atoms with E-state index in [2.05, 4.69) is 0 Å². The van der Waals surface area contributed by atoms with Crippen molar-refractivity contribution in [3.63, 3.8) is 0 Å². The van der Waals surface area contributed by atoms with Crippen molar-refractivity contribution in [2.24, 2.45) is 0 Å². The molecule has 18 heavy (non-hydrogen) atoms. The summed E-state index contributed by atoms with van der Waals surface area (Å²) in [5.74, 6) is -0.139. The quantitative estimate of drug-likeness (QED) is 0.878. The van der Waals surface area contributed by atoms with E-state index in [4.69, 9.17) is 10.00 Å². The normalized spacial score (nSPS) is 9.83. The number of phenolic OH excluding ortho intramolecular Hbond substituents is 1. The van der Waals surface area contributed by atoms with Gasteiger partial charge >= 0.3 is 0 Å². The van der Waals surface area contributed by atoms with Gasteiger partial charge in [0.15, 0.2) is 11.6 Å². The average Bonchev–Trinajstić information content (AvgIpc) is 2.37. The van der Waals surface area contributed by atoms with Crippen molar-refractivity contribution in [1.29, 1.82) is 5.26 Å². The van der Waals surface area contributed by atoms with Crippen LogP contribution < -0.4 is 4.74 Å². The predicted octanol–water partition coefficient (Wildman–Crippen LogP) is 3.50. The van der Waals surface area contributed by atoms with E-state index < -0.39 is 5.82 Å². The molecule has 0 aromatic heterocycles. The Bertz CT molecular complexity index is 632. The maximum absolute atomic E-state index is 13.6. The van der Waals surface area contributed by atoms with E-state index in [1.54, 1.807) is 19.1 Å². The van der Waals surface area contributed by atoms with Crippen LogP contribution >= 0.6 is 0 Å². The summed E-state index contributed by atoms with van der Waals surface area (Å²) in [7, 11) is 0. The Kier molecular flexibility index (Phi) is 3.16. The molecule has 0 unspecified atom stereocenters. The van der Waals surface area contributed by atoms with Crippen LogP contribution in [0.4, 0.5) is 4.39 Å². The van der Waals surface area contributed by atoms with Crippen molar-refractivity contribution in [3.8, 4) is 23.3 Å². The molecule has 3 nitrogen and oxygen atoms in total. The van der Waals surface area contributed by atoms with Gasteiger partial charge in [-0.3, -0.25) is 0 Å². The third-order valence-electron chi connectivity index (χ3n) is 2.54. The fraction of sp³-hybridized carbons (Fsp3) is 0.0714. The number of nitriles is 1. The molecule has 0 spiro atoms. The highest BCUT2D eigenvalue weighted by atomic mass is 19.1. The van der Waals surface area contributed by atoms with Crippen LogP contribution in [0.3, 0.4) is 0 Å². The molecule has 2 rings (SSSR count). The van der Waals surface area contributed by atoms with Crippen LogP contribution in [0, 0.1) is 24.1 Å². The fourth-order valence-electron chi connectivity index (χ4n) is 1.49. The maximum Gasteiger partial charge on any atom is 0.167 e. The average molecular weight is 243 g/mol. The Labute approximate surface area is 104 Å². The summed E-state index contributed by atoms with van der Waals surface area (Å²) in [6.07, 6.45) is 0. The molecule has 90 valence electrons. The van der Waals surface area contributed by atoms with Crippen LogP contribution in [0.5, 0.6) is 17.2 Å². The third-order valence-corrected chi connectivity index (χ3v) is 2.54. The van der Waals surface area contributed by atoms with E-state index in [0.29, 0.717) is 11.3 Å². The van der Waals surface area contributed by atoms with Gasteiger partial charge in [0, 0.05) is 5.56 Å². The van der Waals surface area contributed by atoms with Gasteiger partial charge in [0.2, 0.25) is 0 Å². The van der Waals surface area contributed by atoms with Gasteiger partial charge in [-0.15, -0.1) is 0 Å². The molecule has 0 amide bonds. The van der Waals surface area contributed by atoms with Crippen LogP contribution in [0.15, 0.2) is 36.4 Å². The van der Waals surface area contributed by atoms with Gasteiger partial charge in [-0.2, -0.15) is 5.26 Å². The third kappa shape index (κ3) is 2.25. The van der Waals surface area contributed by atoms with Gasteiger partial charge in [-0.05, 0) is 37.3 Å². The number of aromatic hydroxyl groups is 1. The smallest absolute Gasteiger partial charge is 0.167 e. The van der Waals surface area contributed by atoms with Crippen LogP contribution in [-0.2, 0) is 0 Å². The van der Waals surface area contributed by atoms with Crippen LogP contribution in [0.2, 0.25) is 0 Å². The summed E-state index contributed by atoms with van der Waals surface area (Å²) in [6.45, 7) is 1.67. The van der Waals surface area contributed by atoms with Crippen LogP contribution in [0.25, 0.3) is 0 Å². The molecule has 0 saturated carbocycles. The van der Waals surface area contributed by atoms with Crippen molar-refractivity contribution in [1.82, 2.24) is 0 Å². The largest absolute Gasteiger partial charge is 0.508 e. The molecule has 2 aromatic carbocycles. The topological polar surface area (TPSA) is 53.2 Å². The lowest BCUT2D eigenvalue weighted by Gasteiger charge is -2.10. The zero-order valence-electron chi connectivity index (χ0n) is 9.64. The van der Waals surface area contributed by atoms with E-state index in [1.807, 2.05) is 6.07 Å². The minimum absolute atomic E-state index is 0.0164. The second kappa shape index (κ2) is 4.76. The first-order chi connectivity index (χ1) is 8.61. The summed E-state index contributed by atoms with van der Waals surface area (Å²) >= 11 is 0. The second-order valence-corrected chi connectivity index (χ2v) is 3.76. The van der Waals surface area contributed by atoms with E-state index >= 15 is 0 Å². The summed E-state index contributed by atoms with van der Waals surface area (Å²) in [4.78, 5) is 0. The molecule has 0 aliphatic heterocycles. The summed E-state index contributed by atoms with van der Waals surface area (Å²) in [5.41, 5.74) is 0.758. The minimum atomic E-state index is -0.614. The lowest BCUT2D eigenvalue weighted by molar-refractivity contribution is 0.427. The van der Waals surface area contributed by atoms with E-state index in [-0.39, 0.29) is 17.1 Å². The highest BCUT2D eigenvalue weighted by Gasteiger charge is 2.09. The first-order valence-corrected chi connectivity index (χ1v) is 5.28.